The van der Waals surface area contributed by atoms with E-state index in [4.69, 9.17) is 9.47 Å². The molecule has 1 aliphatic rings. The van der Waals surface area contributed by atoms with Crippen molar-refractivity contribution in [1.82, 2.24) is 14.7 Å². The van der Waals surface area contributed by atoms with E-state index in [1.165, 1.54) is 16.2 Å². The Morgan fingerprint density at radius 1 is 1.11 bits per heavy atom. The molecular weight excluding hydrogens is 484 g/mol. The van der Waals surface area contributed by atoms with Gasteiger partial charge in [0.05, 0.1) is 25.7 Å². The van der Waals surface area contributed by atoms with Gasteiger partial charge in [-0.25, -0.2) is 17.7 Å². The van der Waals surface area contributed by atoms with E-state index in [9.17, 15) is 8.42 Å². The summed E-state index contributed by atoms with van der Waals surface area (Å²) in [7, 11) is -0.834. The van der Waals surface area contributed by atoms with E-state index in [2.05, 4.69) is 20.7 Å². The quantitative estimate of drug-likeness (QED) is 0.372. The zero-order chi connectivity index (χ0) is 24.4. The molecule has 1 unspecified atom stereocenters. The summed E-state index contributed by atoms with van der Waals surface area (Å²) in [5, 5.41) is 5.76. The average Bonchev–Trinajstić information content (AvgIpc) is 3.61. The molecule has 1 fully saturated rings. The Kier molecular flexibility index (Phi) is 6.59. The van der Waals surface area contributed by atoms with E-state index >= 15 is 0 Å². The van der Waals surface area contributed by atoms with Crippen molar-refractivity contribution in [2.75, 3.05) is 25.1 Å². The molecule has 1 atom stereocenters. The zero-order valence-corrected chi connectivity index (χ0v) is 21.1. The van der Waals surface area contributed by atoms with E-state index in [-0.39, 0.29) is 16.6 Å². The highest BCUT2D eigenvalue weighted by Crippen LogP contribution is 2.34. The van der Waals surface area contributed by atoms with Gasteiger partial charge in [0.15, 0.2) is 0 Å². The Hall–Kier alpha value is -3.21. The fourth-order valence-corrected chi connectivity index (χ4v) is 6.66. The van der Waals surface area contributed by atoms with E-state index in [1.807, 2.05) is 18.2 Å². The van der Waals surface area contributed by atoms with Crippen molar-refractivity contribution in [3.05, 3.63) is 72.1 Å². The minimum absolute atomic E-state index is 0.0365. The first-order valence-electron chi connectivity index (χ1n) is 11.3. The molecule has 0 amide bonds. The summed E-state index contributed by atoms with van der Waals surface area (Å²) in [6.07, 6.45) is 3.57. The van der Waals surface area contributed by atoms with Crippen molar-refractivity contribution in [1.29, 1.82) is 0 Å². The third kappa shape index (κ3) is 4.56. The number of benzene rings is 3. The van der Waals surface area contributed by atoms with Crippen LogP contribution < -0.4 is 19.1 Å². The van der Waals surface area contributed by atoms with Crippen LogP contribution in [0.5, 0.6) is 11.5 Å². The number of rotatable bonds is 8. The Morgan fingerprint density at radius 2 is 2.00 bits per heavy atom. The van der Waals surface area contributed by atoms with Crippen molar-refractivity contribution in [2.45, 2.75) is 30.3 Å². The Morgan fingerprint density at radius 3 is 2.71 bits per heavy atom. The van der Waals surface area contributed by atoms with Gasteiger partial charge >= 0.3 is 0 Å². The van der Waals surface area contributed by atoms with Crippen molar-refractivity contribution in [2.24, 2.45) is 0 Å². The maximum absolute atomic E-state index is 13.9. The first kappa shape index (κ1) is 23.5. The minimum Gasteiger partial charge on any atom is -0.497 e. The SMILES string of the molecule is COc1ccc(CN(c2ncns2)S(=O)(=O)c2ccc3c(C4CCCN4)cccc3c2)c(OC)c1. The molecule has 0 aliphatic carbocycles. The van der Waals surface area contributed by atoms with Crippen LogP contribution in [0.3, 0.4) is 0 Å². The van der Waals surface area contributed by atoms with Crippen LogP contribution in [-0.2, 0) is 16.6 Å². The largest absolute Gasteiger partial charge is 0.497 e. The zero-order valence-electron chi connectivity index (χ0n) is 19.5. The van der Waals surface area contributed by atoms with Gasteiger partial charge in [0, 0.05) is 29.2 Å². The van der Waals surface area contributed by atoms with Gasteiger partial charge in [0.1, 0.15) is 17.8 Å². The number of aromatic nitrogens is 2. The highest BCUT2D eigenvalue weighted by atomic mass is 32.2. The summed E-state index contributed by atoms with van der Waals surface area (Å²) in [5.41, 5.74) is 1.88. The molecule has 2 heterocycles. The predicted molar refractivity (Wildman–Crippen MR) is 137 cm³/mol. The van der Waals surface area contributed by atoms with Gasteiger partial charge in [0.25, 0.3) is 10.0 Å². The minimum atomic E-state index is -3.95. The highest BCUT2D eigenvalue weighted by molar-refractivity contribution is 7.93. The van der Waals surface area contributed by atoms with Crippen molar-refractivity contribution < 1.29 is 17.9 Å². The molecule has 3 aromatic carbocycles. The van der Waals surface area contributed by atoms with Gasteiger partial charge in [-0.1, -0.05) is 24.3 Å². The van der Waals surface area contributed by atoms with Gasteiger partial charge in [-0.3, -0.25) is 0 Å². The standard InChI is InChI=1S/C25H26N4O4S2/c1-32-19-9-8-18(24(14-19)33-2)15-29(25-27-16-28-34-25)35(30,31)20-10-11-21-17(13-20)5-3-6-22(21)23-7-4-12-26-23/h3,5-6,8-11,13-14,16,23,26H,4,7,12,15H2,1-2H3. The highest BCUT2D eigenvalue weighted by Gasteiger charge is 2.29. The van der Waals surface area contributed by atoms with Crippen molar-refractivity contribution in [3.63, 3.8) is 0 Å². The van der Waals surface area contributed by atoms with Gasteiger partial charge in [-0.2, -0.15) is 4.37 Å². The molecule has 4 aromatic rings. The van der Waals surface area contributed by atoms with E-state index in [0.717, 1.165) is 41.7 Å². The van der Waals surface area contributed by atoms with Crippen LogP contribution in [0.25, 0.3) is 10.8 Å². The average molecular weight is 511 g/mol. The normalized spacial score (nSPS) is 15.9. The lowest BCUT2D eigenvalue weighted by Crippen LogP contribution is -2.30. The maximum Gasteiger partial charge on any atom is 0.266 e. The molecule has 1 saturated heterocycles. The molecule has 0 radical (unpaired) electrons. The van der Waals surface area contributed by atoms with Crippen LogP contribution in [0, 0.1) is 0 Å². The summed E-state index contributed by atoms with van der Waals surface area (Å²) in [6, 6.07) is 17.0. The molecule has 0 spiro atoms. The molecule has 182 valence electrons. The molecule has 10 heteroatoms. The van der Waals surface area contributed by atoms with Gasteiger partial charge in [0.2, 0.25) is 5.13 Å². The second kappa shape index (κ2) is 9.80. The first-order valence-corrected chi connectivity index (χ1v) is 13.5. The Bertz CT molecular complexity index is 1440. The Labute approximate surface area is 208 Å². The summed E-state index contributed by atoms with van der Waals surface area (Å²) < 4.78 is 43.9. The van der Waals surface area contributed by atoms with Gasteiger partial charge in [-0.15, -0.1) is 0 Å². The molecule has 0 saturated carbocycles. The first-order chi connectivity index (χ1) is 17.0. The fraction of sp³-hybridized carbons (Fsp3) is 0.280. The van der Waals surface area contributed by atoms with Crippen LogP contribution in [-0.4, -0.2) is 38.5 Å². The van der Waals surface area contributed by atoms with Crippen LogP contribution >= 0.6 is 11.5 Å². The summed E-state index contributed by atoms with van der Waals surface area (Å²) in [6.45, 7) is 1.04. The van der Waals surface area contributed by atoms with Crippen LogP contribution in [0.2, 0.25) is 0 Å². The van der Waals surface area contributed by atoms with Crippen molar-refractivity contribution >= 4 is 37.5 Å². The van der Waals surface area contributed by atoms with E-state index in [0.29, 0.717) is 23.1 Å². The van der Waals surface area contributed by atoms with E-state index < -0.39 is 10.0 Å². The lowest BCUT2D eigenvalue weighted by Gasteiger charge is -2.23. The number of hydrogen-bond acceptors (Lipinski definition) is 8. The van der Waals surface area contributed by atoms with Crippen LogP contribution in [0.15, 0.2) is 65.8 Å². The second-order valence-electron chi connectivity index (χ2n) is 8.29. The topological polar surface area (TPSA) is 93.7 Å². The third-order valence-corrected chi connectivity index (χ3v) is 8.82. The lowest BCUT2D eigenvalue weighted by molar-refractivity contribution is 0.391. The number of nitrogens with one attached hydrogen (secondary N) is 1. The van der Waals surface area contributed by atoms with Gasteiger partial charge < -0.3 is 14.8 Å². The smallest absolute Gasteiger partial charge is 0.266 e. The summed E-state index contributed by atoms with van der Waals surface area (Å²) in [4.78, 5) is 4.40. The molecule has 1 aliphatic heterocycles. The lowest BCUT2D eigenvalue weighted by atomic mass is 9.98. The second-order valence-corrected chi connectivity index (χ2v) is 10.9. The predicted octanol–water partition coefficient (Wildman–Crippen LogP) is 4.53. The molecule has 8 nitrogen and oxygen atoms in total. The Balaban J connectivity index is 1.55. The molecule has 35 heavy (non-hydrogen) atoms. The third-order valence-electron chi connectivity index (χ3n) is 6.28. The molecule has 1 aromatic heterocycles. The summed E-state index contributed by atoms with van der Waals surface area (Å²) >= 11 is 1.03. The number of nitrogens with zero attached hydrogens (tertiary/aromatic N) is 3. The monoisotopic (exact) mass is 510 g/mol. The van der Waals surface area contributed by atoms with Gasteiger partial charge in [-0.05, 0) is 60.0 Å². The molecule has 1 N–H and O–H groups in total. The summed E-state index contributed by atoms with van der Waals surface area (Å²) in [5.74, 6) is 1.15. The number of hydrogen-bond donors (Lipinski definition) is 1. The fourth-order valence-electron chi connectivity index (χ4n) is 4.50. The van der Waals surface area contributed by atoms with Crippen molar-refractivity contribution in [3.8, 4) is 11.5 Å². The number of methoxy groups -OCH3 is 2. The maximum atomic E-state index is 13.9. The number of fused-ring (bicyclic) bond motifs is 1. The van der Waals surface area contributed by atoms with E-state index in [1.54, 1.807) is 44.6 Å². The molecule has 0 bridgehead atoms. The number of ether oxygens (including phenoxy) is 2. The molecule has 5 rings (SSSR count). The number of sulfonamides is 1. The van der Waals surface area contributed by atoms with Crippen LogP contribution in [0.4, 0.5) is 5.13 Å². The number of anilines is 1. The molecular formula is C25H26N4O4S2. The van der Waals surface area contributed by atoms with Crippen LogP contribution in [0.1, 0.15) is 30.0 Å².